The lowest BCUT2D eigenvalue weighted by Crippen LogP contribution is -2.24. The topological polar surface area (TPSA) is 71.1 Å². The average molecular weight is 504 g/mol. The molecular weight excluding hydrogens is 492 g/mol. The molecule has 0 saturated carbocycles. The number of aromatic nitrogens is 1. The summed E-state index contributed by atoms with van der Waals surface area (Å²) in [5.74, 6) is -3.86. The second-order valence-corrected chi connectivity index (χ2v) is 7.42. The first-order valence-electron chi connectivity index (χ1n) is 9.01. The van der Waals surface area contributed by atoms with Gasteiger partial charge in [-0.3, -0.25) is 9.59 Å². The Morgan fingerprint density at radius 2 is 1.67 bits per heavy atom. The Morgan fingerprint density at radius 1 is 0.939 bits per heavy atom. The number of anilines is 1. The maximum atomic E-state index is 13.3. The highest BCUT2D eigenvalue weighted by Crippen LogP contribution is 2.30. The minimum atomic E-state index is -4.59. The summed E-state index contributed by atoms with van der Waals surface area (Å²) < 4.78 is 64.2. The van der Waals surface area contributed by atoms with Crippen molar-refractivity contribution in [2.24, 2.45) is 0 Å². The molecule has 0 aliphatic rings. The predicted octanol–water partition coefficient (Wildman–Crippen LogP) is 5.87. The highest BCUT2D eigenvalue weighted by atomic mass is 35.5. The standard InChI is InChI=1S/C21H12Cl2F5N3O2/c22-14-7-11(19(32)30-8-10-1-3-15(24)16(25)5-10)6-13(18(14)23)20(33)31-17-4-2-12(9-29-17)21(26,27)28/h1-7,9H,8H2,(H,30,32)(H,29,31,33). The molecule has 0 saturated heterocycles. The Labute approximate surface area is 193 Å². The molecule has 2 N–H and O–H groups in total. The van der Waals surface area contributed by atoms with Gasteiger partial charge in [0, 0.05) is 18.3 Å². The van der Waals surface area contributed by atoms with Crippen LogP contribution in [-0.2, 0) is 12.7 Å². The van der Waals surface area contributed by atoms with Crippen LogP contribution in [0.2, 0.25) is 10.0 Å². The molecule has 0 bridgehead atoms. The van der Waals surface area contributed by atoms with E-state index >= 15 is 0 Å². The normalized spacial score (nSPS) is 11.2. The molecule has 33 heavy (non-hydrogen) atoms. The van der Waals surface area contributed by atoms with E-state index in [4.69, 9.17) is 23.2 Å². The van der Waals surface area contributed by atoms with E-state index in [1.807, 2.05) is 0 Å². The minimum absolute atomic E-state index is 0.0717. The van der Waals surface area contributed by atoms with Crippen LogP contribution in [-0.4, -0.2) is 16.8 Å². The van der Waals surface area contributed by atoms with Crippen LogP contribution in [0.4, 0.5) is 27.8 Å². The highest BCUT2D eigenvalue weighted by molar-refractivity contribution is 6.44. The maximum Gasteiger partial charge on any atom is 0.417 e. The van der Waals surface area contributed by atoms with Gasteiger partial charge in [0.2, 0.25) is 0 Å². The number of alkyl halides is 3. The number of pyridine rings is 1. The summed E-state index contributed by atoms with van der Waals surface area (Å²) in [6.07, 6.45) is -4.04. The Morgan fingerprint density at radius 3 is 2.27 bits per heavy atom. The fourth-order valence-electron chi connectivity index (χ4n) is 2.64. The predicted molar refractivity (Wildman–Crippen MR) is 111 cm³/mol. The molecule has 2 amide bonds. The van der Waals surface area contributed by atoms with Crippen molar-refractivity contribution in [1.29, 1.82) is 0 Å². The van der Waals surface area contributed by atoms with Gasteiger partial charge in [0.15, 0.2) is 11.6 Å². The van der Waals surface area contributed by atoms with Crippen molar-refractivity contribution < 1.29 is 31.5 Å². The Kier molecular flexibility index (Phi) is 7.19. The lowest BCUT2D eigenvalue weighted by molar-refractivity contribution is -0.137. The van der Waals surface area contributed by atoms with Crippen molar-refractivity contribution in [2.45, 2.75) is 12.7 Å². The molecule has 0 aliphatic heterocycles. The van der Waals surface area contributed by atoms with Gasteiger partial charge in [0.05, 0.1) is 21.2 Å². The van der Waals surface area contributed by atoms with Gasteiger partial charge in [-0.25, -0.2) is 13.8 Å². The van der Waals surface area contributed by atoms with Crippen LogP contribution in [0.15, 0.2) is 48.7 Å². The van der Waals surface area contributed by atoms with E-state index in [0.717, 1.165) is 30.3 Å². The van der Waals surface area contributed by atoms with Gasteiger partial charge in [0.25, 0.3) is 11.8 Å². The number of nitrogens with zero attached hydrogens (tertiary/aromatic N) is 1. The van der Waals surface area contributed by atoms with Crippen LogP contribution in [0.1, 0.15) is 31.8 Å². The van der Waals surface area contributed by atoms with Crippen molar-refractivity contribution in [2.75, 3.05) is 5.32 Å². The number of halogens is 7. The van der Waals surface area contributed by atoms with Crippen LogP contribution >= 0.6 is 23.2 Å². The number of hydrogen-bond donors (Lipinski definition) is 2. The smallest absolute Gasteiger partial charge is 0.348 e. The van der Waals surface area contributed by atoms with Gasteiger partial charge in [-0.05, 0) is 42.0 Å². The van der Waals surface area contributed by atoms with E-state index in [9.17, 15) is 31.5 Å². The summed E-state index contributed by atoms with van der Waals surface area (Å²) in [5, 5.41) is 4.40. The summed E-state index contributed by atoms with van der Waals surface area (Å²) in [6.45, 7) is -0.146. The number of rotatable bonds is 5. The maximum absolute atomic E-state index is 13.3. The molecule has 0 fully saturated rings. The third-order valence-electron chi connectivity index (χ3n) is 4.30. The molecular formula is C21H12Cl2F5N3O2. The average Bonchev–Trinajstić information content (AvgIpc) is 2.75. The number of benzene rings is 2. The van der Waals surface area contributed by atoms with Gasteiger partial charge in [-0.1, -0.05) is 29.3 Å². The van der Waals surface area contributed by atoms with E-state index in [1.54, 1.807) is 0 Å². The summed E-state index contributed by atoms with van der Waals surface area (Å²) in [6, 6.07) is 7.11. The second kappa shape index (κ2) is 9.72. The van der Waals surface area contributed by atoms with E-state index in [-0.39, 0.29) is 39.1 Å². The van der Waals surface area contributed by atoms with Crippen LogP contribution in [0, 0.1) is 11.6 Å². The van der Waals surface area contributed by atoms with Gasteiger partial charge >= 0.3 is 6.18 Å². The fraction of sp³-hybridized carbons (Fsp3) is 0.0952. The first kappa shape index (κ1) is 24.4. The molecule has 0 spiro atoms. The number of amides is 2. The Balaban J connectivity index is 1.76. The zero-order valence-corrected chi connectivity index (χ0v) is 17.7. The van der Waals surface area contributed by atoms with Gasteiger partial charge in [-0.2, -0.15) is 13.2 Å². The van der Waals surface area contributed by atoms with E-state index in [1.165, 1.54) is 12.1 Å². The molecule has 0 aliphatic carbocycles. The van der Waals surface area contributed by atoms with Gasteiger partial charge in [0.1, 0.15) is 5.82 Å². The summed E-state index contributed by atoms with van der Waals surface area (Å²) in [7, 11) is 0. The monoisotopic (exact) mass is 503 g/mol. The van der Waals surface area contributed by atoms with Crippen LogP contribution in [0.25, 0.3) is 0 Å². The first-order chi connectivity index (χ1) is 15.5. The summed E-state index contributed by atoms with van der Waals surface area (Å²) in [5.41, 5.74) is -1.02. The minimum Gasteiger partial charge on any atom is -0.348 e. The Bertz CT molecular complexity index is 1220. The third kappa shape index (κ3) is 5.96. The van der Waals surface area contributed by atoms with Crippen molar-refractivity contribution in [3.05, 3.63) is 92.6 Å². The third-order valence-corrected chi connectivity index (χ3v) is 5.11. The summed E-state index contributed by atoms with van der Waals surface area (Å²) in [4.78, 5) is 28.6. The van der Waals surface area contributed by atoms with Crippen molar-refractivity contribution in [3.8, 4) is 0 Å². The van der Waals surface area contributed by atoms with Crippen molar-refractivity contribution >= 4 is 40.8 Å². The van der Waals surface area contributed by atoms with Gasteiger partial charge in [-0.15, -0.1) is 0 Å². The molecule has 172 valence electrons. The lowest BCUT2D eigenvalue weighted by atomic mass is 10.1. The van der Waals surface area contributed by atoms with Crippen LogP contribution in [0.5, 0.6) is 0 Å². The lowest BCUT2D eigenvalue weighted by Gasteiger charge is -2.11. The zero-order valence-electron chi connectivity index (χ0n) is 16.2. The fourth-order valence-corrected chi connectivity index (χ4v) is 3.05. The molecule has 3 aromatic rings. The first-order valence-corrected chi connectivity index (χ1v) is 9.77. The highest BCUT2D eigenvalue weighted by Gasteiger charge is 2.30. The van der Waals surface area contributed by atoms with E-state index in [2.05, 4.69) is 15.6 Å². The molecule has 3 rings (SSSR count). The zero-order chi connectivity index (χ0) is 24.3. The number of nitrogens with one attached hydrogen (secondary N) is 2. The molecule has 0 radical (unpaired) electrons. The number of carbonyl (C=O) groups is 2. The SMILES string of the molecule is O=C(NCc1ccc(F)c(F)c1)c1cc(Cl)c(Cl)c(C(=O)Nc2ccc(C(F)(F)F)cn2)c1. The molecule has 0 atom stereocenters. The quantitative estimate of drug-likeness (QED) is 0.428. The van der Waals surface area contributed by atoms with Gasteiger partial charge < -0.3 is 10.6 Å². The van der Waals surface area contributed by atoms with Crippen molar-refractivity contribution in [3.63, 3.8) is 0 Å². The molecule has 0 unspecified atom stereocenters. The molecule has 5 nitrogen and oxygen atoms in total. The van der Waals surface area contributed by atoms with Crippen LogP contribution < -0.4 is 10.6 Å². The largest absolute Gasteiger partial charge is 0.417 e. The Hall–Kier alpha value is -3.24. The number of hydrogen-bond acceptors (Lipinski definition) is 3. The second-order valence-electron chi connectivity index (χ2n) is 6.63. The molecule has 1 aromatic heterocycles. The molecule has 12 heteroatoms. The molecule has 1 heterocycles. The van der Waals surface area contributed by atoms with Crippen LogP contribution in [0.3, 0.4) is 0 Å². The van der Waals surface area contributed by atoms with E-state index in [0.29, 0.717) is 6.20 Å². The molecule has 2 aromatic carbocycles. The van der Waals surface area contributed by atoms with E-state index < -0.39 is 35.2 Å². The number of carbonyl (C=O) groups excluding carboxylic acids is 2. The van der Waals surface area contributed by atoms with Crippen molar-refractivity contribution in [1.82, 2.24) is 10.3 Å². The summed E-state index contributed by atoms with van der Waals surface area (Å²) >= 11 is 12.1.